The van der Waals surface area contributed by atoms with Crippen molar-refractivity contribution in [1.82, 2.24) is 9.80 Å². The van der Waals surface area contributed by atoms with Crippen LogP contribution in [0.5, 0.6) is 0 Å². The molecule has 36 heavy (non-hydrogen) atoms. The van der Waals surface area contributed by atoms with E-state index in [2.05, 4.69) is 4.90 Å². The average molecular weight is 500 g/mol. The van der Waals surface area contributed by atoms with Gasteiger partial charge >= 0.3 is 5.97 Å². The first kappa shape index (κ1) is 26.0. The number of ether oxygens (including phenoxy) is 3. The van der Waals surface area contributed by atoms with Crippen LogP contribution < -0.4 is 4.90 Å². The number of nitrogens with zero attached hydrogens (tertiary/aromatic N) is 3. The number of cyclic esters (lactones) is 1. The molecule has 1 fully saturated rings. The topological polar surface area (TPSA) is 106 Å². The largest absolute Gasteiger partial charge is 0.457 e. The van der Waals surface area contributed by atoms with E-state index in [0.29, 0.717) is 60.7 Å². The first-order valence-electron chi connectivity index (χ1n) is 12.4. The highest BCUT2D eigenvalue weighted by molar-refractivity contribution is 6.32. The number of amides is 3. The fraction of sp³-hybridized carbons (Fsp3) is 0.538. The number of rotatable bonds is 11. The highest BCUT2D eigenvalue weighted by atomic mass is 16.5. The predicted molar refractivity (Wildman–Crippen MR) is 130 cm³/mol. The minimum Gasteiger partial charge on any atom is -0.457 e. The normalized spacial score (nSPS) is 18.3. The van der Waals surface area contributed by atoms with Crippen LogP contribution in [0.25, 0.3) is 0 Å². The molecule has 0 aromatic heterocycles. The molecule has 1 saturated heterocycles. The second-order valence-electron chi connectivity index (χ2n) is 9.19. The molecule has 194 valence electrons. The Balaban J connectivity index is 1.20. The Bertz CT molecular complexity index is 1060. The van der Waals surface area contributed by atoms with E-state index in [9.17, 15) is 19.2 Å². The molecule has 0 atom stereocenters. The van der Waals surface area contributed by atoms with Crippen molar-refractivity contribution in [2.75, 3.05) is 64.6 Å². The number of hydrogen-bond acceptors (Lipinski definition) is 8. The summed E-state index contributed by atoms with van der Waals surface area (Å²) < 4.78 is 15.3. The lowest BCUT2D eigenvalue weighted by molar-refractivity contribution is -0.138. The van der Waals surface area contributed by atoms with E-state index in [0.717, 1.165) is 32.5 Å². The fourth-order valence-corrected chi connectivity index (χ4v) is 4.72. The van der Waals surface area contributed by atoms with Gasteiger partial charge in [-0.1, -0.05) is 0 Å². The zero-order chi connectivity index (χ0) is 25.7. The first-order valence-corrected chi connectivity index (χ1v) is 12.4. The maximum Gasteiger partial charge on any atom is 0.338 e. The van der Waals surface area contributed by atoms with Crippen LogP contribution in [-0.4, -0.2) is 93.1 Å². The number of fused-ring (bicyclic) bond motifs is 1. The number of esters is 1. The third-order valence-electron chi connectivity index (χ3n) is 6.90. The van der Waals surface area contributed by atoms with Crippen LogP contribution in [0.4, 0.5) is 5.69 Å². The molecule has 10 heteroatoms. The lowest BCUT2D eigenvalue weighted by atomic mass is 10.0. The van der Waals surface area contributed by atoms with Crippen molar-refractivity contribution in [3.63, 3.8) is 0 Å². The highest BCUT2D eigenvalue weighted by Gasteiger charge is 2.37. The summed E-state index contributed by atoms with van der Waals surface area (Å²) >= 11 is 0. The van der Waals surface area contributed by atoms with Crippen molar-refractivity contribution >= 4 is 29.4 Å². The highest BCUT2D eigenvalue weighted by Crippen LogP contribution is 2.32. The van der Waals surface area contributed by atoms with Gasteiger partial charge in [0.15, 0.2) is 0 Å². The second-order valence-corrected chi connectivity index (χ2v) is 9.19. The molecule has 3 amide bonds. The van der Waals surface area contributed by atoms with E-state index in [1.165, 1.54) is 4.90 Å². The molecular weight excluding hydrogens is 466 g/mol. The number of piperazine rings is 1. The standard InChI is InChI=1S/C26H33N3O7/c1-18-21(25(32)29(24(18)31)20-6-7-22-19(15-20)16-36-26(22)33)5-3-4-8-27-9-11-28(12-10-27)23(30)17-35-14-13-34-2/h6-7,15H,3-5,8-14,16-17H2,1-2H3. The molecule has 10 nitrogen and oxygen atoms in total. The number of carbonyl (C=O) groups excluding carboxylic acids is 4. The Morgan fingerprint density at radius 3 is 2.56 bits per heavy atom. The molecular formula is C26H33N3O7. The minimum absolute atomic E-state index is 0.00429. The maximum absolute atomic E-state index is 13.1. The molecule has 0 saturated carbocycles. The number of unbranched alkanes of at least 4 members (excludes halogenated alkanes) is 1. The Hall–Kier alpha value is -3.08. The Kier molecular flexibility index (Phi) is 8.50. The number of methoxy groups -OCH3 is 1. The van der Waals surface area contributed by atoms with Gasteiger partial charge in [-0.2, -0.15) is 0 Å². The molecule has 3 aliphatic rings. The third-order valence-corrected chi connectivity index (χ3v) is 6.90. The molecule has 0 N–H and O–H groups in total. The molecule has 1 aromatic rings. The summed E-state index contributed by atoms with van der Waals surface area (Å²) in [6, 6.07) is 4.91. The summed E-state index contributed by atoms with van der Waals surface area (Å²) in [5.41, 5.74) is 2.66. The van der Waals surface area contributed by atoms with Crippen molar-refractivity contribution in [1.29, 1.82) is 0 Å². The van der Waals surface area contributed by atoms with E-state index in [1.54, 1.807) is 32.2 Å². The molecule has 4 rings (SSSR count). The molecule has 0 spiro atoms. The molecule has 1 aromatic carbocycles. The molecule has 3 aliphatic heterocycles. The van der Waals surface area contributed by atoms with Gasteiger partial charge in [-0.25, -0.2) is 9.69 Å². The lowest BCUT2D eigenvalue weighted by Gasteiger charge is -2.34. The maximum atomic E-state index is 13.1. The SMILES string of the molecule is COCCOCC(=O)N1CCN(CCCCC2=C(C)C(=O)N(c3ccc4c(c3)COC4=O)C2=O)CC1. The van der Waals surface area contributed by atoms with Gasteiger partial charge in [0.1, 0.15) is 13.2 Å². The van der Waals surface area contributed by atoms with Crippen molar-refractivity contribution in [2.45, 2.75) is 32.8 Å². The van der Waals surface area contributed by atoms with Crippen LogP contribution in [-0.2, 0) is 35.2 Å². The first-order chi connectivity index (χ1) is 17.4. The number of anilines is 1. The van der Waals surface area contributed by atoms with Crippen LogP contribution >= 0.6 is 0 Å². The van der Waals surface area contributed by atoms with Gasteiger partial charge in [0, 0.05) is 50.0 Å². The third kappa shape index (κ3) is 5.66. The fourth-order valence-electron chi connectivity index (χ4n) is 4.72. The van der Waals surface area contributed by atoms with E-state index in [1.807, 2.05) is 4.90 Å². The Morgan fingerprint density at radius 2 is 1.81 bits per heavy atom. The van der Waals surface area contributed by atoms with Gasteiger partial charge < -0.3 is 19.1 Å². The van der Waals surface area contributed by atoms with Crippen LogP contribution in [0.1, 0.15) is 42.1 Å². The summed E-state index contributed by atoms with van der Waals surface area (Å²) in [6.07, 6.45) is 2.22. The van der Waals surface area contributed by atoms with Gasteiger partial charge in [0.2, 0.25) is 5.91 Å². The molecule has 0 bridgehead atoms. The summed E-state index contributed by atoms with van der Waals surface area (Å²) in [5, 5.41) is 0. The predicted octanol–water partition coefficient (Wildman–Crippen LogP) is 1.52. The van der Waals surface area contributed by atoms with E-state index < -0.39 is 0 Å². The van der Waals surface area contributed by atoms with E-state index in [4.69, 9.17) is 14.2 Å². The van der Waals surface area contributed by atoms with E-state index >= 15 is 0 Å². The number of imide groups is 1. The van der Waals surface area contributed by atoms with Gasteiger partial charge in [0.25, 0.3) is 11.8 Å². The van der Waals surface area contributed by atoms with Crippen molar-refractivity contribution in [3.8, 4) is 0 Å². The Morgan fingerprint density at radius 1 is 1.03 bits per heavy atom. The molecule has 3 heterocycles. The van der Waals surface area contributed by atoms with Crippen LogP contribution in [0.2, 0.25) is 0 Å². The van der Waals surface area contributed by atoms with Crippen molar-refractivity contribution < 1.29 is 33.4 Å². The quantitative estimate of drug-likeness (QED) is 0.256. The van der Waals surface area contributed by atoms with Crippen LogP contribution in [0.15, 0.2) is 29.3 Å². The van der Waals surface area contributed by atoms with Gasteiger partial charge in [-0.05, 0) is 50.9 Å². The number of hydrogen-bond donors (Lipinski definition) is 0. The van der Waals surface area contributed by atoms with Crippen molar-refractivity contribution in [3.05, 3.63) is 40.5 Å². The monoisotopic (exact) mass is 499 g/mol. The smallest absolute Gasteiger partial charge is 0.338 e. The number of carbonyl (C=O) groups is 4. The second kappa shape index (κ2) is 11.8. The van der Waals surface area contributed by atoms with Gasteiger partial charge in [-0.15, -0.1) is 0 Å². The van der Waals surface area contributed by atoms with Gasteiger partial charge in [-0.3, -0.25) is 19.3 Å². The summed E-state index contributed by atoms with van der Waals surface area (Å²) in [7, 11) is 1.60. The molecule has 0 aliphatic carbocycles. The lowest BCUT2D eigenvalue weighted by Crippen LogP contribution is -2.49. The summed E-state index contributed by atoms with van der Waals surface area (Å²) in [4.78, 5) is 55.2. The minimum atomic E-state index is -0.384. The molecule has 0 unspecified atom stereocenters. The summed E-state index contributed by atoms with van der Waals surface area (Å²) in [5.74, 6) is -0.982. The number of benzene rings is 1. The zero-order valence-electron chi connectivity index (χ0n) is 20.9. The average Bonchev–Trinajstić information content (AvgIpc) is 3.35. The van der Waals surface area contributed by atoms with Crippen molar-refractivity contribution in [2.24, 2.45) is 0 Å². The van der Waals surface area contributed by atoms with Crippen LogP contribution in [0, 0.1) is 0 Å². The summed E-state index contributed by atoms with van der Waals surface area (Å²) in [6.45, 7) is 6.66. The van der Waals surface area contributed by atoms with Crippen LogP contribution in [0.3, 0.4) is 0 Å². The van der Waals surface area contributed by atoms with E-state index in [-0.39, 0.29) is 36.9 Å². The molecule has 0 radical (unpaired) electrons. The Labute approximate surface area is 210 Å². The zero-order valence-corrected chi connectivity index (χ0v) is 20.9. The van der Waals surface area contributed by atoms with Gasteiger partial charge in [0.05, 0.1) is 24.5 Å².